The summed E-state index contributed by atoms with van der Waals surface area (Å²) in [7, 11) is -2.84. The predicted octanol–water partition coefficient (Wildman–Crippen LogP) is 2.05. The first kappa shape index (κ1) is 17.9. The topological polar surface area (TPSA) is 57.7 Å². The lowest BCUT2D eigenvalue weighted by Crippen LogP contribution is -2.61. The fraction of sp³-hybridized carbons (Fsp3) is 0.947. The third-order valence-electron chi connectivity index (χ3n) is 7.77. The van der Waals surface area contributed by atoms with Crippen LogP contribution in [0.1, 0.15) is 44.9 Å². The molecule has 7 heteroatoms. The van der Waals surface area contributed by atoms with Crippen molar-refractivity contribution < 1.29 is 13.2 Å². The molecule has 0 aromatic rings. The molecule has 26 heavy (non-hydrogen) atoms. The molecule has 0 radical (unpaired) electrons. The molecule has 2 aliphatic heterocycles. The molecule has 4 saturated carbocycles. The summed E-state index contributed by atoms with van der Waals surface area (Å²) in [5.74, 6) is 2.49. The number of piperazine rings is 1. The quantitative estimate of drug-likeness (QED) is 0.611. The van der Waals surface area contributed by atoms with Gasteiger partial charge in [-0.2, -0.15) is 0 Å². The smallest absolute Gasteiger partial charge is 0.228 e. The summed E-state index contributed by atoms with van der Waals surface area (Å²) in [6, 6.07) is 0.169. The molecule has 6 rings (SSSR count). The molecule has 5 nitrogen and oxygen atoms in total. The summed E-state index contributed by atoms with van der Waals surface area (Å²) in [5.41, 5.74) is -0.119. The van der Waals surface area contributed by atoms with E-state index in [0.717, 1.165) is 63.7 Å². The maximum atomic E-state index is 13.5. The number of hydrogen-bond donors (Lipinski definition) is 0. The van der Waals surface area contributed by atoms with E-state index in [0.29, 0.717) is 17.4 Å². The Bertz CT molecular complexity index is 702. The van der Waals surface area contributed by atoms with E-state index in [1.54, 1.807) is 0 Å². The fourth-order valence-electron chi connectivity index (χ4n) is 7.09. The van der Waals surface area contributed by atoms with E-state index in [4.69, 9.17) is 0 Å². The molecule has 1 amide bonds. The minimum atomic E-state index is -2.84. The van der Waals surface area contributed by atoms with E-state index in [-0.39, 0.29) is 15.8 Å². The Morgan fingerprint density at radius 3 is 2.19 bits per heavy atom. The molecule has 2 heterocycles. The number of halogens is 1. The van der Waals surface area contributed by atoms with Crippen LogP contribution in [-0.4, -0.2) is 72.2 Å². The van der Waals surface area contributed by atoms with Gasteiger partial charge in [-0.3, -0.25) is 9.69 Å². The van der Waals surface area contributed by atoms with Crippen LogP contribution in [0, 0.1) is 17.3 Å². The van der Waals surface area contributed by atoms with Crippen LogP contribution >= 0.6 is 15.9 Å². The first-order chi connectivity index (χ1) is 12.3. The SMILES string of the molecule is O=C(N1CCN(C2CCS(=O)(=O)C2)CC1)C12CC3CC(CC(Br)(C3)C1)C2. The molecule has 6 aliphatic rings. The van der Waals surface area contributed by atoms with Crippen molar-refractivity contribution in [2.45, 2.75) is 55.3 Å². The zero-order chi connectivity index (χ0) is 18.2. The third-order valence-corrected chi connectivity index (χ3v) is 10.4. The van der Waals surface area contributed by atoms with Crippen LogP contribution in [0.2, 0.25) is 0 Å². The maximum absolute atomic E-state index is 13.5. The van der Waals surface area contributed by atoms with Crippen molar-refractivity contribution in [1.29, 1.82) is 0 Å². The molecular formula is C19H29BrN2O3S. The van der Waals surface area contributed by atoms with Gasteiger partial charge in [0.05, 0.1) is 16.9 Å². The van der Waals surface area contributed by atoms with Gasteiger partial charge in [0.1, 0.15) is 0 Å². The first-order valence-electron chi connectivity index (χ1n) is 10.2. The second kappa shape index (κ2) is 5.93. The van der Waals surface area contributed by atoms with Gasteiger partial charge in [0.25, 0.3) is 0 Å². The molecule has 4 bridgehead atoms. The largest absolute Gasteiger partial charge is 0.340 e. The third kappa shape index (κ3) is 2.96. The van der Waals surface area contributed by atoms with Gasteiger partial charge in [0.15, 0.2) is 9.84 Å². The minimum absolute atomic E-state index is 0.119. The normalized spacial score (nSPS) is 47.4. The Morgan fingerprint density at radius 2 is 1.65 bits per heavy atom. The van der Waals surface area contributed by atoms with E-state index in [1.807, 2.05) is 0 Å². The number of nitrogens with zero attached hydrogens (tertiary/aromatic N) is 2. The van der Waals surface area contributed by atoms with Crippen LogP contribution in [0.4, 0.5) is 0 Å². The summed E-state index contributed by atoms with van der Waals surface area (Å²) >= 11 is 4.01. The predicted molar refractivity (Wildman–Crippen MR) is 104 cm³/mol. The van der Waals surface area contributed by atoms with E-state index in [9.17, 15) is 13.2 Å². The van der Waals surface area contributed by atoms with Gasteiger partial charge < -0.3 is 4.90 Å². The monoisotopic (exact) mass is 444 g/mol. The number of amides is 1. The number of hydrogen-bond acceptors (Lipinski definition) is 4. The molecular weight excluding hydrogens is 416 g/mol. The molecule has 146 valence electrons. The summed E-state index contributed by atoms with van der Waals surface area (Å²) in [6.45, 7) is 3.19. The zero-order valence-electron chi connectivity index (χ0n) is 15.3. The van der Waals surface area contributed by atoms with Crippen molar-refractivity contribution in [3.05, 3.63) is 0 Å². The zero-order valence-corrected chi connectivity index (χ0v) is 17.7. The van der Waals surface area contributed by atoms with Crippen LogP contribution in [0.5, 0.6) is 0 Å². The van der Waals surface area contributed by atoms with Gasteiger partial charge in [-0.05, 0) is 56.8 Å². The van der Waals surface area contributed by atoms with Gasteiger partial charge in [0.2, 0.25) is 5.91 Å². The van der Waals surface area contributed by atoms with E-state index in [1.165, 1.54) is 19.3 Å². The summed E-state index contributed by atoms with van der Waals surface area (Å²) < 4.78 is 23.7. The highest BCUT2D eigenvalue weighted by Gasteiger charge is 2.60. The molecule has 0 N–H and O–H groups in total. The second-order valence-corrected chi connectivity index (χ2v) is 13.7. The van der Waals surface area contributed by atoms with E-state index < -0.39 is 9.84 Å². The van der Waals surface area contributed by atoms with E-state index in [2.05, 4.69) is 25.7 Å². The lowest BCUT2D eigenvalue weighted by molar-refractivity contribution is -0.157. The Morgan fingerprint density at radius 1 is 1.00 bits per heavy atom. The summed E-state index contributed by atoms with van der Waals surface area (Å²) in [6.07, 6.45) is 7.80. The molecule has 0 spiro atoms. The van der Waals surface area contributed by atoms with Crippen molar-refractivity contribution >= 4 is 31.7 Å². The number of carbonyl (C=O) groups is 1. The van der Waals surface area contributed by atoms with Gasteiger partial charge in [0, 0.05) is 36.5 Å². The maximum Gasteiger partial charge on any atom is 0.228 e. The van der Waals surface area contributed by atoms with E-state index >= 15 is 0 Å². The summed E-state index contributed by atoms with van der Waals surface area (Å²) in [5, 5.41) is 0. The number of sulfone groups is 1. The molecule has 0 aromatic carbocycles. The molecule has 6 fully saturated rings. The molecule has 3 atom stereocenters. The highest BCUT2D eigenvalue weighted by atomic mass is 79.9. The standard InChI is InChI=1S/C19H29BrN2O3S/c20-19-10-14-7-15(11-19)9-18(8-14,13-19)17(23)22-4-2-21(3-5-22)16-1-6-26(24,25)12-16/h14-16H,1-13H2. The summed E-state index contributed by atoms with van der Waals surface area (Å²) in [4.78, 5) is 17.9. The Balaban J connectivity index is 1.25. The highest BCUT2D eigenvalue weighted by molar-refractivity contribution is 9.10. The number of rotatable bonds is 2. The van der Waals surface area contributed by atoms with Gasteiger partial charge in [-0.1, -0.05) is 15.9 Å². The van der Waals surface area contributed by atoms with Crippen LogP contribution in [0.25, 0.3) is 0 Å². The van der Waals surface area contributed by atoms with Crippen molar-refractivity contribution in [3.63, 3.8) is 0 Å². The van der Waals surface area contributed by atoms with Crippen LogP contribution in [-0.2, 0) is 14.6 Å². The second-order valence-electron chi connectivity index (χ2n) is 9.78. The molecule has 0 aromatic heterocycles. The minimum Gasteiger partial charge on any atom is -0.340 e. The Labute approximate surface area is 164 Å². The van der Waals surface area contributed by atoms with Crippen molar-refractivity contribution in [3.8, 4) is 0 Å². The average Bonchev–Trinajstić information content (AvgIpc) is 2.92. The Hall–Kier alpha value is -0.140. The van der Waals surface area contributed by atoms with Gasteiger partial charge in [-0.15, -0.1) is 0 Å². The number of carbonyl (C=O) groups excluding carboxylic acids is 1. The highest BCUT2D eigenvalue weighted by Crippen LogP contribution is 2.64. The Kier molecular flexibility index (Phi) is 4.09. The average molecular weight is 445 g/mol. The lowest BCUT2D eigenvalue weighted by atomic mass is 9.49. The first-order valence-corrected chi connectivity index (χ1v) is 12.8. The van der Waals surface area contributed by atoms with Crippen molar-refractivity contribution in [2.75, 3.05) is 37.7 Å². The molecule has 3 unspecified atom stereocenters. The van der Waals surface area contributed by atoms with Crippen LogP contribution in [0.15, 0.2) is 0 Å². The van der Waals surface area contributed by atoms with Crippen molar-refractivity contribution in [2.24, 2.45) is 17.3 Å². The van der Waals surface area contributed by atoms with Gasteiger partial charge in [-0.25, -0.2) is 8.42 Å². The van der Waals surface area contributed by atoms with Crippen LogP contribution < -0.4 is 0 Å². The van der Waals surface area contributed by atoms with Crippen LogP contribution in [0.3, 0.4) is 0 Å². The number of alkyl halides is 1. The molecule has 4 aliphatic carbocycles. The van der Waals surface area contributed by atoms with Gasteiger partial charge >= 0.3 is 0 Å². The lowest BCUT2D eigenvalue weighted by Gasteiger charge is -2.60. The van der Waals surface area contributed by atoms with Crippen molar-refractivity contribution in [1.82, 2.24) is 9.80 Å². The molecule has 2 saturated heterocycles. The fourth-order valence-corrected chi connectivity index (χ4v) is 10.3.